The molecule has 1 amide bonds. The smallest absolute Gasteiger partial charge is 0.217 e. The summed E-state index contributed by atoms with van der Waals surface area (Å²) in [5, 5.41) is 4.50. The number of nitrogens with one attached hydrogen (secondary N) is 2. The van der Waals surface area contributed by atoms with Gasteiger partial charge in [0, 0.05) is 41.2 Å². The first-order valence-corrected chi connectivity index (χ1v) is 8.36. The molecule has 0 radical (unpaired) electrons. The topological polar surface area (TPSA) is 62.7 Å². The summed E-state index contributed by atoms with van der Waals surface area (Å²) in [6.07, 6.45) is 1.80. The highest BCUT2D eigenvalue weighted by molar-refractivity contribution is 6.34. The van der Waals surface area contributed by atoms with Crippen LogP contribution in [0.15, 0.2) is 42.7 Å². The van der Waals surface area contributed by atoms with Crippen LogP contribution in [0, 0.1) is 0 Å². The monoisotopic (exact) mass is 352 g/mol. The number of carbonyl (C=O) groups is 1. The van der Waals surface area contributed by atoms with Gasteiger partial charge in [-0.2, -0.15) is 0 Å². The van der Waals surface area contributed by atoms with E-state index in [1.165, 1.54) is 6.92 Å². The van der Waals surface area contributed by atoms with Gasteiger partial charge in [0.1, 0.15) is 0 Å². The average molecular weight is 353 g/mol. The average Bonchev–Trinajstić information content (AvgIpc) is 3.15. The van der Waals surface area contributed by atoms with Crippen molar-refractivity contribution in [3.05, 3.63) is 53.4 Å². The Labute approximate surface area is 149 Å². The van der Waals surface area contributed by atoms with Crippen molar-refractivity contribution in [2.24, 2.45) is 7.05 Å². The minimum Gasteiger partial charge on any atom is -0.357 e. The van der Waals surface area contributed by atoms with Crippen LogP contribution in [0.3, 0.4) is 0 Å². The number of rotatable bonds is 3. The number of aryl methyl sites for hydroxylation is 1. The molecule has 0 spiro atoms. The molecule has 0 aliphatic rings. The Hall–Kier alpha value is -2.79. The highest BCUT2D eigenvalue weighted by Gasteiger charge is 2.10. The molecule has 0 aliphatic carbocycles. The number of H-pyrrole nitrogens is 1. The summed E-state index contributed by atoms with van der Waals surface area (Å²) < 4.78 is 1.99. The normalized spacial score (nSPS) is 11.3. The Morgan fingerprint density at radius 1 is 1.28 bits per heavy atom. The van der Waals surface area contributed by atoms with Gasteiger partial charge in [-0.3, -0.25) is 4.79 Å². The van der Waals surface area contributed by atoms with Crippen molar-refractivity contribution in [3.63, 3.8) is 0 Å². The van der Waals surface area contributed by atoms with E-state index in [0.29, 0.717) is 11.6 Å². The number of aromatic nitrogens is 3. The van der Waals surface area contributed by atoms with Crippen molar-refractivity contribution in [2.75, 3.05) is 0 Å². The van der Waals surface area contributed by atoms with Crippen LogP contribution in [0.5, 0.6) is 0 Å². The number of benzene rings is 2. The maximum atomic E-state index is 11.1. The van der Waals surface area contributed by atoms with E-state index in [2.05, 4.69) is 27.4 Å². The van der Waals surface area contributed by atoms with Gasteiger partial charge in [0.25, 0.3) is 0 Å². The number of nitrogens with zero attached hydrogens (tertiary/aromatic N) is 2. The predicted molar refractivity (Wildman–Crippen MR) is 101 cm³/mol. The van der Waals surface area contributed by atoms with Gasteiger partial charge in [-0.25, -0.2) is 4.98 Å². The SMILES string of the molecule is CC(=O)NCc1cc2cc(Cl)c(-c3ccc4c(c3)ncn4C)cc2[nH]1. The van der Waals surface area contributed by atoms with Crippen LogP contribution in [-0.4, -0.2) is 20.4 Å². The third kappa shape index (κ3) is 2.87. The van der Waals surface area contributed by atoms with Gasteiger partial charge in [0.2, 0.25) is 5.91 Å². The molecule has 5 nitrogen and oxygen atoms in total. The second-order valence-electron chi connectivity index (χ2n) is 6.18. The molecule has 4 rings (SSSR count). The second kappa shape index (κ2) is 5.93. The first-order valence-electron chi connectivity index (χ1n) is 7.98. The number of aromatic amines is 1. The zero-order valence-electron chi connectivity index (χ0n) is 13.9. The third-order valence-electron chi connectivity index (χ3n) is 4.33. The molecule has 2 N–H and O–H groups in total. The summed E-state index contributed by atoms with van der Waals surface area (Å²) in [5.41, 5.74) is 5.93. The lowest BCUT2D eigenvalue weighted by molar-refractivity contribution is -0.119. The Kier molecular flexibility index (Phi) is 3.73. The molecule has 126 valence electrons. The second-order valence-corrected chi connectivity index (χ2v) is 6.59. The van der Waals surface area contributed by atoms with Gasteiger partial charge >= 0.3 is 0 Å². The van der Waals surface area contributed by atoms with Crippen LogP contribution in [0.4, 0.5) is 0 Å². The van der Waals surface area contributed by atoms with Crippen LogP contribution in [-0.2, 0) is 18.4 Å². The summed E-state index contributed by atoms with van der Waals surface area (Å²) in [7, 11) is 1.98. The molecule has 0 bridgehead atoms. The zero-order valence-corrected chi connectivity index (χ0v) is 14.7. The molecule has 2 aromatic carbocycles. The van der Waals surface area contributed by atoms with E-state index in [4.69, 9.17) is 11.6 Å². The first-order chi connectivity index (χ1) is 12.0. The Balaban J connectivity index is 1.77. The van der Waals surface area contributed by atoms with E-state index >= 15 is 0 Å². The van der Waals surface area contributed by atoms with Crippen molar-refractivity contribution in [3.8, 4) is 11.1 Å². The quantitative estimate of drug-likeness (QED) is 0.585. The minimum atomic E-state index is -0.0546. The summed E-state index contributed by atoms with van der Waals surface area (Å²) in [6.45, 7) is 1.97. The number of amides is 1. The van der Waals surface area contributed by atoms with Crippen LogP contribution >= 0.6 is 11.6 Å². The van der Waals surface area contributed by atoms with Crippen molar-refractivity contribution < 1.29 is 4.79 Å². The van der Waals surface area contributed by atoms with E-state index in [1.54, 1.807) is 6.33 Å². The van der Waals surface area contributed by atoms with E-state index < -0.39 is 0 Å². The molecule has 0 saturated carbocycles. The minimum absolute atomic E-state index is 0.0546. The van der Waals surface area contributed by atoms with Gasteiger partial charge in [-0.15, -0.1) is 0 Å². The van der Waals surface area contributed by atoms with Gasteiger partial charge in [0.05, 0.1) is 23.9 Å². The fourth-order valence-corrected chi connectivity index (χ4v) is 3.33. The van der Waals surface area contributed by atoms with E-state index in [1.807, 2.05) is 35.9 Å². The molecule has 2 heterocycles. The molecule has 0 fully saturated rings. The largest absolute Gasteiger partial charge is 0.357 e. The Bertz CT molecular complexity index is 1110. The van der Waals surface area contributed by atoms with Crippen LogP contribution in [0.25, 0.3) is 33.1 Å². The molecule has 2 aromatic heterocycles. The van der Waals surface area contributed by atoms with Crippen molar-refractivity contribution in [1.29, 1.82) is 0 Å². The maximum Gasteiger partial charge on any atom is 0.217 e. The summed E-state index contributed by atoms with van der Waals surface area (Å²) in [6, 6.07) is 12.1. The zero-order chi connectivity index (χ0) is 17.6. The molecule has 0 atom stereocenters. The number of hydrogen-bond acceptors (Lipinski definition) is 2. The summed E-state index contributed by atoms with van der Waals surface area (Å²) >= 11 is 6.52. The molecule has 0 unspecified atom stereocenters. The van der Waals surface area contributed by atoms with Crippen molar-refractivity contribution in [2.45, 2.75) is 13.5 Å². The molecule has 6 heteroatoms. The molecule has 0 aliphatic heterocycles. The van der Waals surface area contributed by atoms with E-state index in [-0.39, 0.29) is 5.91 Å². The first kappa shape index (κ1) is 15.7. The fourth-order valence-electron chi connectivity index (χ4n) is 3.05. The predicted octanol–water partition coefficient (Wildman–Crippen LogP) is 4.01. The summed E-state index contributed by atoms with van der Waals surface area (Å²) in [4.78, 5) is 18.8. The summed E-state index contributed by atoms with van der Waals surface area (Å²) in [5.74, 6) is -0.0546. The standard InChI is InChI=1S/C19H17ClN4O/c1-11(25)21-9-14-5-13-6-16(20)15(8-17(13)23-14)12-3-4-19-18(7-12)22-10-24(19)2/h3-8,10,23H,9H2,1-2H3,(H,21,25). The lowest BCUT2D eigenvalue weighted by Crippen LogP contribution is -2.18. The van der Waals surface area contributed by atoms with Gasteiger partial charge < -0.3 is 14.9 Å². The number of imidazole rings is 1. The highest BCUT2D eigenvalue weighted by atomic mass is 35.5. The fraction of sp³-hybridized carbons (Fsp3) is 0.158. The molecular weight excluding hydrogens is 336 g/mol. The van der Waals surface area contributed by atoms with E-state index in [0.717, 1.165) is 38.8 Å². The highest BCUT2D eigenvalue weighted by Crippen LogP contribution is 2.33. The molecule has 25 heavy (non-hydrogen) atoms. The lowest BCUT2D eigenvalue weighted by Gasteiger charge is -2.06. The van der Waals surface area contributed by atoms with Crippen LogP contribution < -0.4 is 5.32 Å². The number of halogens is 1. The maximum absolute atomic E-state index is 11.1. The Morgan fingerprint density at radius 2 is 2.12 bits per heavy atom. The lowest BCUT2D eigenvalue weighted by atomic mass is 10.0. The molecule has 4 aromatic rings. The van der Waals surface area contributed by atoms with Crippen molar-refractivity contribution in [1.82, 2.24) is 19.9 Å². The van der Waals surface area contributed by atoms with Crippen LogP contribution in [0.1, 0.15) is 12.6 Å². The Morgan fingerprint density at radius 3 is 2.92 bits per heavy atom. The van der Waals surface area contributed by atoms with Gasteiger partial charge in [0.15, 0.2) is 0 Å². The van der Waals surface area contributed by atoms with E-state index in [9.17, 15) is 4.79 Å². The molecule has 0 saturated heterocycles. The van der Waals surface area contributed by atoms with Crippen molar-refractivity contribution >= 4 is 39.4 Å². The number of carbonyl (C=O) groups excluding carboxylic acids is 1. The number of hydrogen-bond donors (Lipinski definition) is 2. The van der Waals surface area contributed by atoms with Gasteiger partial charge in [-0.1, -0.05) is 17.7 Å². The molecular formula is C19H17ClN4O. The van der Waals surface area contributed by atoms with Gasteiger partial charge in [-0.05, 0) is 35.9 Å². The van der Waals surface area contributed by atoms with Crippen LogP contribution in [0.2, 0.25) is 5.02 Å². The third-order valence-corrected chi connectivity index (χ3v) is 4.64. The number of fused-ring (bicyclic) bond motifs is 2.